The highest BCUT2D eigenvalue weighted by molar-refractivity contribution is 5.99. The summed E-state index contributed by atoms with van der Waals surface area (Å²) in [4.78, 5) is 55.2. The highest BCUT2D eigenvalue weighted by Crippen LogP contribution is 2.32. The molecular formula is C41H53F2N5O6. The number of aryl methyl sites for hydroxylation is 1. The van der Waals surface area contributed by atoms with E-state index in [1.165, 1.54) is 31.2 Å². The Balaban J connectivity index is 1.11. The summed E-state index contributed by atoms with van der Waals surface area (Å²) in [5.74, 6) is -0.885. The average molecular weight is 750 g/mol. The first kappa shape index (κ1) is 40.6. The van der Waals surface area contributed by atoms with Crippen LogP contribution in [0.2, 0.25) is 0 Å². The summed E-state index contributed by atoms with van der Waals surface area (Å²) in [6.07, 6.45) is 6.75. The molecule has 2 fully saturated rings. The van der Waals surface area contributed by atoms with Crippen LogP contribution in [0.25, 0.3) is 11.1 Å². The van der Waals surface area contributed by atoms with E-state index in [9.17, 15) is 19.2 Å². The average Bonchev–Trinajstić information content (AvgIpc) is 3.18. The highest BCUT2D eigenvalue weighted by atomic mass is 19.1. The fourth-order valence-corrected chi connectivity index (χ4v) is 7.46. The molecule has 2 aliphatic rings. The molecule has 2 saturated heterocycles. The molecule has 2 aromatic carbocycles. The Morgan fingerprint density at radius 1 is 0.963 bits per heavy atom. The van der Waals surface area contributed by atoms with E-state index in [4.69, 9.17) is 9.47 Å². The van der Waals surface area contributed by atoms with Crippen LogP contribution in [-0.2, 0) is 22.5 Å². The van der Waals surface area contributed by atoms with E-state index in [-0.39, 0.29) is 48.6 Å². The zero-order valence-corrected chi connectivity index (χ0v) is 32.1. The van der Waals surface area contributed by atoms with Gasteiger partial charge in [-0.15, -0.1) is 0 Å². The fraction of sp³-hybridized carbons (Fsp3) is 0.512. The van der Waals surface area contributed by atoms with Crippen molar-refractivity contribution in [3.8, 4) is 16.9 Å². The molecule has 2 aliphatic heterocycles. The van der Waals surface area contributed by atoms with E-state index >= 15 is 8.78 Å². The van der Waals surface area contributed by atoms with Crippen LogP contribution in [0.15, 0.2) is 41.3 Å². The molecule has 0 aliphatic carbocycles. The summed E-state index contributed by atoms with van der Waals surface area (Å²) in [7, 11) is 2.99. The lowest BCUT2D eigenvalue weighted by molar-refractivity contribution is -0.107. The number of piperidine rings is 2. The number of halogens is 2. The van der Waals surface area contributed by atoms with Gasteiger partial charge in [0.25, 0.3) is 11.5 Å². The van der Waals surface area contributed by atoms with Crippen LogP contribution < -0.4 is 20.5 Å². The van der Waals surface area contributed by atoms with Crippen LogP contribution in [0.4, 0.5) is 19.3 Å². The van der Waals surface area contributed by atoms with Crippen molar-refractivity contribution in [3.05, 3.63) is 80.8 Å². The van der Waals surface area contributed by atoms with Crippen molar-refractivity contribution in [1.29, 1.82) is 0 Å². The summed E-state index contributed by atoms with van der Waals surface area (Å²) in [5, 5.41) is 2.58. The van der Waals surface area contributed by atoms with Gasteiger partial charge in [0.2, 0.25) is 0 Å². The zero-order valence-electron chi connectivity index (χ0n) is 32.1. The third kappa shape index (κ3) is 9.35. The normalized spacial score (nSPS) is 15.6. The number of hydrogen-bond donors (Lipinski definition) is 1. The zero-order chi connectivity index (χ0) is 38.9. The number of methoxy groups -OCH3 is 1. The second-order valence-electron chi connectivity index (χ2n) is 14.2. The number of amides is 3. The van der Waals surface area contributed by atoms with Gasteiger partial charge >= 0.3 is 6.03 Å². The number of aromatic nitrogens is 1. The van der Waals surface area contributed by atoms with Crippen molar-refractivity contribution in [2.75, 3.05) is 58.3 Å². The van der Waals surface area contributed by atoms with Gasteiger partial charge in [-0.25, -0.2) is 13.6 Å². The summed E-state index contributed by atoms with van der Waals surface area (Å²) in [5.41, 5.74) is 3.23. The number of hydrogen-bond acceptors (Lipinski definition) is 7. The van der Waals surface area contributed by atoms with Crippen molar-refractivity contribution >= 4 is 23.9 Å². The maximum Gasteiger partial charge on any atom is 0.321 e. The van der Waals surface area contributed by atoms with E-state index in [2.05, 4.69) is 10.2 Å². The number of rotatable bonds is 14. The van der Waals surface area contributed by atoms with Gasteiger partial charge in [-0.2, -0.15) is 0 Å². The minimum absolute atomic E-state index is 0.0273. The number of benzene rings is 2. The Hall–Kier alpha value is -4.62. The van der Waals surface area contributed by atoms with Crippen molar-refractivity contribution in [1.82, 2.24) is 19.7 Å². The number of likely N-dealkylation sites (tertiary alicyclic amines) is 2. The number of nitrogens with one attached hydrogen (secondary N) is 1. The lowest BCUT2D eigenvalue weighted by Crippen LogP contribution is -2.44. The predicted octanol–water partition coefficient (Wildman–Crippen LogP) is 5.89. The maximum absolute atomic E-state index is 15.4. The van der Waals surface area contributed by atoms with Crippen molar-refractivity contribution in [2.24, 2.45) is 0 Å². The Morgan fingerprint density at radius 2 is 1.61 bits per heavy atom. The molecule has 292 valence electrons. The van der Waals surface area contributed by atoms with Gasteiger partial charge in [0.1, 0.15) is 23.7 Å². The van der Waals surface area contributed by atoms with Crippen LogP contribution in [-0.4, -0.2) is 98.2 Å². The molecule has 3 heterocycles. The van der Waals surface area contributed by atoms with Crippen molar-refractivity contribution in [3.63, 3.8) is 0 Å². The molecule has 0 bridgehead atoms. The van der Waals surface area contributed by atoms with E-state index in [0.29, 0.717) is 72.7 Å². The Morgan fingerprint density at radius 3 is 2.20 bits per heavy atom. The van der Waals surface area contributed by atoms with Crippen LogP contribution in [0, 0.1) is 25.5 Å². The Bertz CT molecular complexity index is 1840. The van der Waals surface area contributed by atoms with Gasteiger partial charge in [-0.05, 0) is 93.8 Å². The topological polar surface area (TPSA) is 113 Å². The Kier molecular flexibility index (Phi) is 14.0. The number of carbonyl (C=O) groups is 3. The van der Waals surface area contributed by atoms with E-state index in [1.54, 1.807) is 40.8 Å². The molecule has 5 rings (SSSR count). The largest absolute Gasteiger partial charge is 0.495 e. The first-order chi connectivity index (χ1) is 26.0. The smallest absolute Gasteiger partial charge is 0.321 e. The third-order valence-electron chi connectivity index (χ3n) is 10.7. The molecule has 1 N–H and O–H groups in total. The quantitative estimate of drug-likeness (QED) is 0.205. The minimum Gasteiger partial charge on any atom is -0.495 e. The highest BCUT2D eigenvalue weighted by Gasteiger charge is 2.29. The van der Waals surface area contributed by atoms with Crippen LogP contribution in [0.1, 0.15) is 72.5 Å². The minimum atomic E-state index is -0.578. The maximum atomic E-state index is 15.4. The monoisotopic (exact) mass is 749 g/mol. The van der Waals surface area contributed by atoms with Crippen molar-refractivity contribution in [2.45, 2.75) is 84.5 Å². The van der Waals surface area contributed by atoms with Crippen molar-refractivity contribution < 1.29 is 32.6 Å². The standard InChI is InChI=1S/C41H53F2N5O6/c1-6-15-47-26-34(27(2)28(3)39(47)50)30-23-35(42)33(36(43)24-30)14-19-45-17-10-31(11-18-45)54-32-12-20-46(21-13-32)40(51)29-8-9-38(53-5)37(25-29)48(16-7-22-49)41(52)44-4/h8-9,22-26,31-32H,6-7,10-21H2,1-5H3,(H,44,52). The molecule has 0 unspecified atom stereocenters. The van der Waals surface area contributed by atoms with Gasteiger partial charge in [0.15, 0.2) is 0 Å². The third-order valence-corrected chi connectivity index (χ3v) is 10.7. The van der Waals surface area contributed by atoms with E-state index in [0.717, 1.165) is 44.2 Å². The molecule has 54 heavy (non-hydrogen) atoms. The van der Waals surface area contributed by atoms with Crippen LogP contribution in [0.5, 0.6) is 5.75 Å². The molecule has 1 aromatic heterocycles. The summed E-state index contributed by atoms with van der Waals surface area (Å²) in [6, 6.07) is 7.33. The molecule has 11 nitrogen and oxygen atoms in total. The lowest BCUT2D eigenvalue weighted by Gasteiger charge is -2.37. The first-order valence-electron chi connectivity index (χ1n) is 19.0. The summed E-state index contributed by atoms with van der Waals surface area (Å²) >= 11 is 0. The molecule has 0 saturated carbocycles. The summed E-state index contributed by atoms with van der Waals surface area (Å²) < 4.78 is 44.3. The lowest BCUT2D eigenvalue weighted by atomic mass is 9.97. The SMILES string of the molecule is CCCn1cc(-c2cc(F)c(CCN3CCC(OC4CCN(C(=O)c5ccc(OC)c(N(CCC=O)C(=O)NC)c5)CC4)CC3)c(F)c2)c(C)c(C)c1=O. The van der Waals surface area contributed by atoms with Gasteiger partial charge in [-0.3, -0.25) is 14.5 Å². The van der Waals surface area contributed by atoms with Crippen LogP contribution >= 0.6 is 0 Å². The molecule has 0 atom stereocenters. The number of pyridine rings is 1. The molecule has 0 spiro atoms. The summed E-state index contributed by atoms with van der Waals surface area (Å²) in [6.45, 7) is 9.36. The van der Waals surface area contributed by atoms with Gasteiger partial charge < -0.3 is 34.0 Å². The number of ether oxygens (including phenoxy) is 2. The number of aldehydes is 1. The van der Waals surface area contributed by atoms with E-state index < -0.39 is 17.7 Å². The van der Waals surface area contributed by atoms with Gasteiger partial charge in [-0.1, -0.05) is 6.92 Å². The van der Waals surface area contributed by atoms with Crippen LogP contribution in [0.3, 0.4) is 0 Å². The molecular weight excluding hydrogens is 696 g/mol. The second kappa shape index (κ2) is 18.6. The second-order valence-corrected chi connectivity index (χ2v) is 14.2. The van der Waals surface area contributed by atoms with E-state index in [1.807, 2.05) is 13.8 Å². The Labute approximate surface area is 316 Å². The molecule has 3 aromatic rings. The van der Waals surface area contributed by atoms with Gasteiger partial charge in [0, 0.05) is 87.7 Å². The van der Waals surface area contributed by atoms with Gasteiger partial charge in [0.05, 0.1) is 25.0 Å². The molecule has 0 radical (unpaired) electrons. The number of carbonyl (C=O) groups excluding carboxylic acids is 3. The fourth-order valence-electron chi connectivity index (χ4n) is 7.46. The number of nitrogens with zero attached hydrogens (tertiary/aromatic N) is 4. The first-order valence-corrected chi connectivity index (χ1v) is 19.0. The molecule has 3 amide bonds. The number of urea groups is 1. The molecule has 13 heteroatoms. The number of anilines is 1. The predicted molar refractivity (Wildman–Crippen MR) is 204 cm³/mol.